The number of hydrogen-bond donors (Lipinski definition) is 0. The minimum absolute atomic E-state index is 0.159. The normalized spacial score (nSPS) is 35.1. The molecule has 17 heavy (non-hydrogen) atoms. The van der Waals surface area contributed by atoms with Crippen molar-refractivity contribution in [3.05, 3.63) is 0 Å². The fourth-order valence-corrected chi connectivity index (χ4v) is 4.48. The van der Waals surface area contributed by atoms with Gasteiger partial charge in [0.25, 0.3) is 0 Å². The summed E-state index contributed by atoms with van der Waals surface area (Å²) < 4.78 is 0. The van der Waals surface area contributed by atoms with E-state index in [1.807, 2.05) is 0 Å². The molecule has 1 aliphatic heterocycles. The van der Waals surface area contributed by atoms with Gasteiger partial charge in [0.15, 0.2) is 0 Å². The fourth-order valence-electron chi connectivity index (χ4n) is 3.50. The molecular formula is C14H24BrNO. The second-order valence-corrected chi connectivity index (χ2v) is 7.54. The highest BCUT2D eigenvalue weighted by atomic mass is 79.9. The van der Waals surface area contributed by atoms with Crippen molar-refractivity contribution in [1.82, 2.24) is 4.90 Å². The number of hydrogen-bond acceptors (Lipinski definition) is 1. The van der Waals surface area contributed by atoms with Gasteiger partial charge in [0.1, 0.15) is 0 Å². The minimum Gasteiger partial charge on any atom is -0.338 e. The van der Waals surface area contributed by atoms with E-state index in [2.05, 4.69) is 55.4 Å². The summed E-state index contributed by atoms with van der Waals surface area (Å²) in [7, 11) is 0. The van der Waals surface area contributed by atoms with E-state index in [0.717, 1.165) is 18.3 Å². The summed E-state index contributed by atoms with van der Waals surface area (Å²) in [5.41, 5.74) is 0.319. The zero-order valence-electron chi connectivity index (χ0n) is 11.6. The van der Waals surface area contributed by atoms with E-state index in [0.29, 0.717) is 17.9 Å². The highest BCUT2D eigenvalue weighted by molar-refractivity contribution is 9.09. The van der Waals surface area contributed by atoms with Crippen LogP contribution in [0.1, 0.15) is 41.0 Å². The predicted octanol–water partition coefficient (Wildman–Crippen LogP) is 3.30. The predicted molar refractivity (Wildman–Crippen MR) is 74.1 cm³/mol. The molecule has 1 heterocycles. The number of halogens is 1. The Bertz CT molecular complexity index is 323. The molecule has 2 unspecified atom stereocenters. The van der Waals surface area contributed by atoms with E-state index in [4.69, 9.17) is 0 Å². The van der Waals surface area contributed by atoms with E-state index >= 15 is 0 Å². The lowest BCUT2D eigenvalue weighted by Gasteiger charge is -2.26. The Morgan fingerprint density at radius 1 is 1.29 bits per heavy atom. The van der Waals surface area contributed by atoms with E-state index in [1.54, 1.807) is 0 Å². The Labute approximate surface area is 113 Å². The maximum absolute atomic E-state index is 12.7. The van der Waals surface area contributed by atoms with Gasteiger partial charge in [0.05, 0.1) is 0 Å². The van der Waals surface area contributed by atoms with E-state index in [1.165, 1.54) is 0 Å². The van der Waals surface area contributed by atoms with Crippen LogP contribution in [-0.4, -0.2) is 28.7 Å². The van der Waals surface area contributed by atoms with Crippen LogP contribution in [0.5, 0.6) is 0 Å². The number of nitrogens with zero attached hydrogens (tertiary/aromatic N) is 1. The smallest absolute Gasteiger partial charge is 0.227 e. The zero-order valence-corrected chi connectivity index (χ0v) is 13.2. The Balaban J connectivity index is 2.13. The fraction of sp³-hybridized carbons (Fsp3) is 0.929. The average molecular weight is 302 g/mol. The molecular weight excluding hydrogens is 278 g/mol. The zero-order chi connectivity index (χ0) is 13.0. The lowest BCUT2D eigenvalue weighted by Crippen LogP contribution is -2.40. The second kappa shape index (κ2) is 3.97. The van der Waals surface area contributed by atoms with Gasteiger partial charge in [-0.3, -0.25) is 4.79 Å². The molecule has 0 N–H and O–H groups in total. The minimum atomic E-state index is 0.159. The van der Waals surface area contributed by atoms with E-state index < -0.39 is 0 Å². The number of amides is 1. The molecule has 0 spiro atoms. The Kier molecular flexibility index (Phi) is 3.13. The van der Waals surface area contributed by atoms with Gasteiger partial charge in [0.2, 0.25) is 5.91 Å². The third-order valence-corrected chi connectivity index (χ3v) is 6.25. The third-order valence-electron chi connectivity index (χ3n) is 5.59. The van der Waals surface area contributed by atoms with Gasteiger partial charge in [-0.1, -0.05) is 50.5 Å². The third kappa shape index (κ3) is 1.76. The van der Waals surface area contributed by atoms with Crippen molar-refractivity contribution in [2.24, 2.45) is 22.7 Å². The van der Waals surface area contributed by atoms with Crippen molar-refractivity contribution >= 4 is 21.8 Å². The molecule has 2 nitrogen and oxygen atoms in total. The van der Waals surface area contributed by atoms with Crippen LogP contribution in [-0.2, 0) is 4.79 Å². The molecule has 0 aromatic carbocycles. The maximum atomic E-state index is 12.7. The van der Waals surface area contributed by atoms with E-state index in [-0.39, 0.29) is 16.7 Å². The summed E-state index contributed by atoms with van der Waals surface area (Å²) in [6.07, 6.45) is 1.15. The molecule has 3 heteroatoms. The lowest BCUT2D eigenvalue weighted by atomic mass is 10.0. The molecule has 0 aromatic rings. The number of carbonyl (C=O) groups excluding carboxylic acids is 1. The summed E-state index contributed by atoms with van der Waals surface area (Å²) in [4.78, 5) is 14.8. The molecule has 0 radical (unpaired) electrons. The van der Waals surface area contributed by atoms with E-state index in [9.17, 15) is 4.79 Å². The second-order valence-electron chi connectivity index (χ2n) is 6.90. The summed E-state index contributed by atoms with van der Waals surface area (Å²) in [5.74, 6) is 1.22. The first-order valence-corrected chi connectivity index (χ1v) is 7.73. The molecule has 2 fully saturated rings. The van der Waals surface area contributed by atoms with Crippen LogP contribution in [0.2, 0.25) is 0 Å². The van der Waals surface area contributed by atoms with Crippen LogP contribution in [0.3, 0.4) is 0 Å². The Hall–Kier alpha value is -0.0500. The summed E-state index contributed by atoms with van der Waals surface area (Å²) in [6.45, 7) is 12.1. The van der Waals surface area contributed by atoms with Gasteiger partial charge in [-0.15, -0.1) is 0 Å². The van der Waals surface area contributed by atoms with Crippen LogP contribution in [0.25, 0.3) is 0 Å². The van der Waals surface area contributed by atoms with Gasteiger partial charge in [-0.2, -0.15) is 0 Å². The summed E-state index contributed by atoms with van der Waals surface area (Å²) in [6, 6.07) is 0.398. The number of likely N-dealkylation sites (tertiary alicyclic amines) is 1. The number of rotatable bonds is 2. The first-order valence-electron chi connectivity index (χ1n) is 6.61. The first-order chi connectivity index (χ1) is 7.75. The molecule has 2 rings (SSSR count). The Morgan fingerprint density at radius 2 is 1.82 bits per heavy atom. The van der Waals surface area contributed by atoms with Crippen LogP contribution in [0, 0.1) is 22.7 Å². The van der Waals surface area contributed by atoms with Gasteiger partial charge in [-0.25, -0.2) is 0 Å². The van der Waals surface area contributed by atoms with Crippen molar-refractivity contribution in [3.8, 4) is 0 Å². The van der Waals surface area contributed by atoms with Crippen LogP contribution in [0.4, 0.5) is 0 Å². The highest BCUT2D eigenvalue weighted by Gasteiger charge is 2.69. The molecule has 1 aliphatic carbocycles. The molecule has 0 bridgehead atoms. The van der Waals surface area contributed by atoms with Gasteiger partial charge in [-0.05, 0) is 23.2 Å². The summed E-state index contributed by atoms with van der Waals surface area (Å²) in [5, 5.41) is 0.910. The molecule has 2 aliphatic rings. The molecule has 1 saturated carbocycles. The first kappa shape index (κ1) is 13.4. The van der Waals surface area contributed by atoms with Crippen molar-refractivity contribution < 1.29 is 4.79 Å². The van der Waals surface area contributed by atoms with Crippen molar-refractivity contribution in [3.63, 3.8) is 0 Å². The monoisotopic (exact) mass is 301 g/mol. The van der Waals surface area contributed by atoms with Crippen LogP contribution >= 0.6 is 15.9 Å². The largest absolute Gasteiger partial charge is 0.338 e. The van der Waals surface area contributed by atoms with Crippen LogP contribution in [0.15, 0.2) is 0 Å². The maximum Gasteiger partial charge on any atom is 0.227 e. The van der Waals surface area contributed by atoms with Gasteiger partial charge < -0.3 is 4.90 Å². The topological polar surface area (TPSA) is 20.3 Å². The van der Waals surface area contributed by atoms with Crippen molar-refractivity contribution in [2.75, 3.05) is 11.9 Å². The van der Waals surface area contributed by atoms with Gasteiger partial charge >= 0.3 is 0 Å². The number of alkyl halides is 1. The standard InChI is InChI=1S/C14H24BrNO/c1-9-6-7-16(10(9)8-15)12(17)11-13(2,3)14(11,4)5/h9-11H,6-8H2,1-5H3. The molecule has 98 valence electrons. The quantitative estimate of drug-likeness (QED) is 0.717. The van der Waals surface area contributed by atoms with Crippen LogP contribution < -0.4 is 0 Å². The highest BCUT2D eigenvalue weighted by Crippen LogP contribution is 2.69. The SMILES string of the molecule is CC1CCN(C(=O)C2C(C)(C)C2(C)C)C1CBr. The molecule has 0 aromatic heterocycles. The van der Waals surface area contributed by atoms with Crippen molar-refractivity contribution in [1.29, 1.82) is 0 Å². The van der Waals surface area contributed by atoms with Crippen molar-refractivity contribution in [2.45, 2.75) is 47.1 Å². The number of carbonyl (C=O) groups is 1. The molecule has 1 amide bonds. The Morgan fingerprint density at radius 3 is 2.24 bits per heavy atom. The molecule has 2 atom stereocenters. The molecule has 1 saturated heterocycles. The summed E-state index contributed by atoms with van der Waals surface area (Å²) >= 11 is 3.56. The van der Waals surface area contributed by atoms with Gasteiger partial charge in [0, 0.05) is 23.8 Å². The average Bonchev–Trinajstić information content (AvgIpc) is 2.55. The lowest BCUT2D eigenvalue weighted by molar-refractivity contribution is -0.134.